The molecule has 0 aromatic carbocycles. The van der Waals surface area contributed by atoms with Crippen LogP contribution in [0.15, 0.2) is 0 Å². The number of nitrogens with two attached hydrogens (primary N) is 1. The number of hydrogen-bond donors (Lipinski definition) is 3. The number of hydrogen-bond acceptors (Lipinski definition) is 3. The number of amides is 1. The molecule has 1 atom stereocenters. The number of carbonyl (C=O) groups is 1. The highest BCUT2D eigenvalue weighted by atomic mass is 19.4. The standard InChI is InChI=1S/C5H8F3NO3/c6-5(7,8)2(4(11)12)1-3(9)10/h2,4,11-12H,1H2,(H2,9,10). The zero-order valence-corrected chi connectivity index (χ0v) is 5.88. The zero-order chi connectivity index (χ0) is 9.94. The molecule has 0 aromatic rings. The van der Waals surface area contributed by atoms with E-state index in [0.29, 0.717) is 0 Å². The maximum absolute atomic E-state index is 11.8. The first kappa shape index (κ1) is 11.2. The summed E-state index contributed by atoms with van der Waals surface area (Å²) in [5, 5.41) is 16.4. The topological polar surface area (TPSA) is 83.6 Å². The van der Waals surface area contributed by atoms with E-state index < -0.39 is 30.7 Å². The smallest absolute Gasteiger partial charge is 0.370 e. The maximum atomic E-state index is 11.8. The predicted octanol–water partition coefficient (Wildman–Crippen LogP) is -0.649. The molecule has 0 radical (unpaired) electrons. The predicted molar refractivity (Wildman–Crippen MR) is 31.6 cm³/mol. The van der Waals surface area contributed by atoms with Crippen molar-refractivity contribution in [3.05, 3.63) is 0 Å². The van der Waals surface area contributed by atoms with Crippen LogP contribution in [0.4, 0.5) is 13.2 Å². The lowest BCUT2D eigenvalue weighted by molar-refractivity contribution is -0.239. The minimum absolute atomic E-state index is 1.12. The van der Waals surface area contributed by atoms with Crippen molar-refractivity contribution in [2.45, 2.75) is 18.9 Å². The van der Waals surface area contributed by atoms with Crippen molar-refractivity contribution >= 4 is 5.91 Å². The van der Waals surface area contributed by atoms with Crippen molar-refractivity contribution in [3.63, 3.8) is 0 Å². The van der Waals surface area contributed by atoms with Crippen molar-refractivity contribution in [2.75, 3.05) is 0 Å². The third kappa shape index (κ3) is 3.54. The fraction of sp³-hybridized carbons (Fsp3) is 0.800. The minimum Gasteiger partial charge on any atom is -0.370 e. The molecule has 0 aliphatic heterocycles. The molecule has 4 N–H and O–H groups in total. The molecular weight excluding hydrogens is 179 g/mol. The molecule has 4 nitrogen and oxygen atoms in total. The molecule has 1 unspecified atom stereocenters. The number of aliphatic hydroxyl groups is 2. The Morgan fingerprint density at radius 1 is 1.42 bits per heavy atom. The number of rotatable bonds is 3. The first-order chi connectivity index (χ1) is 5.25. The van der Waals surface area contributed by atoms with Crippen LogP contribution in [0.5, 0.6) is 0 Å². The summed E-state index contributed by atoms with van der Waals surface area (Å²) in [5.41, 5.74) is 4.47. The van der Waals surface area contributed by atoms with E-state index in [-0.39, 0.29) is 0 Å². The van der Waals surface area contributed by atoms with Crippen LogP contribution in [0.3, 0.4) is 0 Å². The summed E-state index contributed by atoms with van der Waals surface area (Å²) < 4.78 is 35.4. The first-order valence-electron chi connectivity index (χ1n) is 2.96. The average molecular weight is 187 g/mol. The maximum Gasteiger partial charge on any atom is 0.397 e. The largest absolute Gasteiger partial charge is 0.397 e. The van der Waals surface area contributed by atoms with Gasteiger partial charge in [0.15, 0.2) is 6.29 Å². The van der Waals surface area contributed by atoms with Crippen LogP contribution in [-0.4, -0.2) is 28.6 Å². The summed E-state index contributed by atoms with van der Waals surface area (Å²) >= 11 is 0. The van der Waals surface area contributed by atoms with Crippen LogP contribution in [-0.2, 0) is 4.79 Å². The molecule has 0 aliphatic rings. The van der Waals surface area contributed by atoms with Gasteiger partial charge in [0.05, 0.1) is 0 Å². The van der Waals surface area contributed by atoms with Gasteiger partial charge in [-0.1, -0.05) is 0 Å². The normalized spacial score (nSPS) is 14.8. The molecule has 0 rings (SSSR count). The van der Waals surface area contributed by atoms with Crippen LogP contribution in [0, 0.1) is 5.92 Å². The van der Waals surface area contributed by atoms with Crippen molar-refractivity contribution in [1.82, 2.24) is 0 Å². The van der Waals surface area contributed by atoms with E-state index in [0.717, 1.165) is 0 Å². The molecule has 72 valence electrons. The molecule has 0 aromatic heterocycles. The molecule has 0 aliphatic carbocycles. The Kier molecular flexibility index (Phi) is 3.47. The van der Waals surface area contributed by atoms with Gasteiger partial charge in [0.2, 0.25) is 5.91 Å². The van der Waals surface area contributed by atoms with Crippen molar-refractivity contribution in [3.8, 4) is 0 Å². The van der Waals surface area contributed by atoms with Gasteiger partial charge in [-0.3, -0.25) is 4.79 Å². The van der Waals surface area contributed by atoms with Crippen molar-refractivity contribution in [2.24, 2.45) is 11.7 Å². The second-order valence-corrected chi connectivity index (χ2v) is 2.23. The van der Waals surface area contributed by atoms with E-state index in [1.165, 1.54) is 0 Å². The van der Waals surface area contributed by atoms with Gasteiger partial charge < -0.3 is 15.9 Å². The number of halogens is 3. The first-order valence-corrected chi connectivity index (χ1v) is 2.96. The zero-order valence-electron chi connectivity index (χ0n) is 5.88. The molecule has 12 heavy (non-hydrogen) atoms. The third-order valence-corrected chi connectivity index (χ3v) is 1.20. The van der Waals surface area contributed by atoms with Crippen LogP contribution >= 0.6 is 0 Å². The number of carbonyl (C=O) groups excluding carboxylic acids is 1. The Bertz CT molecular complexity index is 168. The fourth-order valence-corrected chi connectivity index (χ4v) is 0.607. The molecule has 0 fully saturated rings. The Hall–Kier alpha value is -0.820. The molecular formula is C5H8F3NO3. The molecule has 7 heteroatoms. The Labute approximate surface area is 65.8 Å². The highest BCUT2D eigenvalue weighted by Gasteiger charge is 2.44. The van der Waals surface area contributed by atoms with E-state index in [2.05, 4.69) is 5.73 Å². The van der Waals surface area contributed by atoms with E-state index in [4.69, 9.17) is 10.2 Å². The van der Waals surface area contributed by atoms with Crippen LogP contribution in [0.2, 0.25) is 0 Å². The van der Waals surface area contributed by atoms with E-state index in [9.17, 15) is 18.0 Å². The SMILES string of the molecule is NC(=O)CC(C(O)O)C(F)(F)F. The van der Waals surface area contributed by atoms with E-state index in [1.54, 1.807) is 0 Å². The highest BCUT2D eigenvalue weighted by Crippen LogP contribution is 2.30. The second kappa shape index (κ2) is 3.72. The molecule has 0 saturated carbocycles. The van der Waals surface area contributed by atoms with Gasteiger partial charge in [0.1, 0.15) is 5.92 Å². The Morgan fingerprint density at radius 2 is 1.83 bits per heavy atom. The van der Waals surface area contributed by atoms with Gasteiger partial charge >= 0.3 is 6.18 Å². The summed E-state index contributed by atoms with van der Waals surface area (Å²) in [4.78, 5) is 10.1. The van der Waals surface area contributed by atoms with Crippen molar-refractivity contribution < 1.29 is 28.2 Å². The van der Waals surface area contributed by atoms with Gasteiger partial charge in [0, 0.05) is 6.42 Å². The summed E-state index contributed by atoms with van der Waals surface area (Å²) in [6.45, 7) is 0. The third-order valence-electron chi connectivity index (χ3n) is 1.20. The lowest BCUT2D eigenvalue weighted by atomic mass is 10.0. The van der Waals surface area contributed by atoms with Crippen LogP contribution < -0.4 is 5.73 Å². The van der Waals surface area contributed by atoms with Crippen molar-refractivity contribution in [1.29, 1.82) is 0 Å². The summed E-state index contributed by atoms with van der Waals surface area (Å²) in [6, 6.07) is 0. The van der Waals surface area contributed by atoms with Gasteiger partial charge in [-0.25, -0.2) is 0 Å². The molecule has 0 heterocycles. The number of alkyl halides is 3. The monoisotopic (exact) mass is 187 g/mol. The quantitative estimate of drug-likeness (QED) is 0.513. The lowest BCUT2D eigenvalue weighted by Crippen LogP contribution is -2.37. The van der Waals surface area contributed by atoms with Gasteiger partial charge in [-0.15, -0.1) is 0 Å². The highest BCUT2D eigenvalue weighted by molar-refractivity contribution is 5.74. The lowest BCUT2D eigenvalue weighted by Gasteiger charge is -2.19. The van der Waals surface area contributed by atoms with E-state index >= 15 is 0 Å². The van der Waals surface area contributed by atoms with Gasteiger partial charge in [-0.05, 0) is 0 Å². The Balaban J connectivity index is 4.35. The molecule has 0 spiro atoms. The number of aliphatic hydroxyl groups excluding tert-OH is 1. The average Bonchev–Trinajstić information content (AvgIpc) is 1.79. The van der Waals surface area contributed by atoms with E-state index in [1.807, 2.05) is 0 Å². The Morgan fingerprint density at radius 3 is 1.92 bits per heavy atom. The fourth-order valence-electron chi connectivity index (χ4n) is 0.607. The minimum atomic E-state index is -4.83. The molecule has 0 bridgehead atoms. The summed E-state index contributed by atoms with van der Waals surface area (Å²) in [7, 11) is 0. The van der Waals surface area contributed by atoms with Gasteiger partial charge in [0.25, 0.3) is 0 Å². The number of primary amides is 1. The second-order valence-electron chi connectivity index (χ2n) is 2.23. The van der Waals surface area contributed by atoms with Gasteiger partial charge in [-0.2, -0.15) is 13.2 Å². The summed E-state index contributed by atoms with van der Waals surface area (Å²) in [5.74, 6) is -3.74. The summed E-state index contributed by atoms with van der Waals surface area (Å²) in [6.07, 6.45) is -8.57. The molecule has 1 amide bonds. The van der Waals surface area contributed by atoms with Crippen LogP contribution in [0.25, 0.3) is 0 Å². The van der Waals surface area contributed by atoms with Crippen LogP contribution in [0.1, 0.15) is 6.42 Å². The molecule has 0 saturated heterocycles.